The molecular formula is C32H32NO6P. The lowest BCUT2D eigenvalue weighted by molar-refractivity contribution is -0.141. The summed E-state index contributed by atoms with van der Waals surface area (Å²) >= 11 is 0. The third kappa shape index (κ3) is 8.40. The molecule has 4 rings (SSSR count). The summed E-state index contributed by atoms with van der Waals surface area (Å²) in [6.07, 6.45) is -1.22. The zero-order valence-corrected chi connectivity index (χ0v) is 22.8. The van der Waals surface area contributed by atoms with Gasteiger partial charge in [0.15, 0.2) is 0 Å². The van der Waals surface area contributed by atoms with E-state index in [2.05, 4.69) is 5.32 Å². The maximum atomic E-state index is 13.7. The number of carbonyl (C=O) groups is 2. The number of carboxylic acids is 1. The molecule has 8 heteroatoms. The molecule has 3 N–H and O–H groups in total. The van der Waals surface area contributed by atoms with Crippen LogP contribution in [-0.2, 0) is 33.5 Å². The standard InChI is InChI=1S/C32H32NO6P/c34-31(35)29(20-25-16-18-28(19-17-25)27-14-8-3-9-15-27)23-40(37,38)30(21-24-10-4-1-5-11-24)33-32(36)39-22-26-12-6-2-7-13-26/h1-19,29-30H,20-23H2,(H,33,36)(H,34,35)(H,37,38)/t29?,30-/m1/s1. The van der Waals surface area contributed by atoms with E-state index in [4.69, 9.17) is 4.74 Å². The lowest BCUT2D eigenvalue weighted by Crippen LogP contribution is -2.38. The predicted molar refractivity (Wildman–Crippen MR) is 155 cm³/mol. The average molecular weight is 558 g/mol. The first-order valence-electron chi connectivity index (χ1n) is 13.0. The number of carboxylic acid groups (broad SMARTS) is 1. The van der Waals surface area contributed by atoms with E-state index in [9.17, 15) is 24.2 Å². The summed E-state index contributed by atoms with van der Waals surface area (Å²) in [5, 5.41) is 12.5. The van der Waals surface area contributed by atoms with Crippen molar-refractivity contribution in [3.05, 3.63) is 132 Å². The number of aliphatic carboxylic acids is 1. The number of nitrogens with one attached hydrogen (secondary N) is 1. The Bertz CT molecular complexity index is 1430. The molecule has 4 aromatic carbocycles. The summed E-state index contributed by atoms with van der Waals surface area (Å²) in [5.74, 6) is -3.52. The largest absolute Gasteiger partial charge is 0.481 e. The van der Waals surface area contributed by atoms with Gasteiger partial charge >= 0.3 is 12.1 Å². The fourth-order valence-corrected chi connectivity index (χ4v) is 6.43. The molecule has 40 heavy (non-hydrogen) atoms. The van der Waals surface area contributed by atoms with Crippen LogP contribution in [0.25, 0.3) is 11.1 Å². The molecule has 4 aromatic rings. The molecular weight excluding hydrogens is 525 g/mol. The Kier molecular flexibility index (Phi) is 9.90. The third-order valence-electron chi connectivity index (χ3n) is 6.63. The van der Waals surface area contributed by atoms with Crippen molar-refractivity contribution >= 4 is 19.4 Å². The van der Waals surface area contributed by atoms with Crippen LogP contribution in [0, 0.1) is 5.92 Å². The molecule has 0 bridgehead atoms. The molecule has 0 saturated heterocycles. The van der Waals surface area contributed by atoms with Gasteiger partial charge in [-0.15, -0.1) is 0 Å². The van der Waals surface area contributed by atoms with Gasteiger partial charge in [-0.25, -0.2) is 4.79 Å². The monoisotopic (exact) mass is 557 g/mol. The number of hydrogen-bond donors (Lipinski definition) is 3. The molecule has 0 saturated carbocycles. The predicted octanol–water partition coefficient (Wildman–Crippen LogP) is 6.36. The van der Waals surface area contributed by atoms with Gasteiger partial charge in [0, 0.05) is 12.6 Å². The summed E-state index contributed by atoms with van der Waals surface area (Å²) in [6.45, 7) is -0.00279. The van der Waals surface area contributed by atoms with E-state index in [1.807, 2.05) is 78.9 Å². The van der Waals surface area contributed by atoms with Crippen LogP contribution in [0.4, 0.5) is 4.79 Å². The molecule has 206 valence electrons. The molecule has 1 amide bonds. The van der Waals surface area contributed by atoms with Gasteiger partial charge in [-0.1, -0.05) is 115 Å². The lowest BCUT2D eigenvalue weighted by atomic mass is 9.98. The van der Waals surface area contributed by atoms with Crippen LogP contribution in [0.15, 0.2) is 115 Å². The molecule has 2 unspecified atom stereocenters. The van der Waals surface area contributed by atoms with E-state index in [-0.39, 0.29) is 19.4 Å². The number of carbonyl (C=O) groups excluding carboxylic acids is 1. The van der Waals surface area contributed by atoms with Crippen molar-refractivity contribution in [2.75, 3.05) is 6.16 Å². The van der Waals surface area contributed by atoms with Crippen molar-refractivity contribution in [1.29, 1.82) is 0 Å². The highest BCUT2D eigenvalue weighted by Gasteiger charge is 2.37. The minimum atomic E-state index is -4.21. The zero-order chi connectivity index (χ0) is 28.4. The van der Waals surface area contributed by atoms with Gasteiger partial charge in [0.05, 0.1) is 5.92 Å². The van der Waals surface area contributed by atoms with Crippen LogP contribution < -0.4 is 5.32 Å². The Morgan fingerprint density at radius 1 is 0.700 bits per heavy atom. The van der Waals surface area contributed by atoms with Crippen LogP contribution in [0.3, 0.4) is 0 Å². The summed E-state index contributed by atoms with van der Waals surface area (Å²) in [4.78, 5) is 36.0. The highest BCUT2D eigenvalue weighted by atomic mass is 31.2. The van der Waals surface area contributed by atoms with Gasteiger partial charge in [-0.05, 0) is 34.2 Å². The number of alkyl carbamates (subject to hydrolysis) is 1. The zero-order valence-electron chi connectivity index (χ0n) is 21.9. The van der Waals surface area contributed by atoms with Crippen molar-refractivity contribution in [1.82, 2.24) is 5.32 Å². The fraction of sp³-hybridized carbons (Fsp3) is 0.188. The molecule has 0 spiro atoms. The molecule has 3 atom stereocenters. The Hall–Kier alpha value is -4.19. The summed E-state index contributed by atoms with van der Waals surface area (Å²) in [6, 6.07) is 35.3. The Labute approximate surface area is 233 Å². The van der Waals surface area contributed by atoms with E-state index in [1.54, 1.807) is 36.4 Å². The first-order valence-corrected chi connectivity index (χ1v) is 14.9. The fourth-order valence-electron chi connectivity index (χ4n) is 4.45. The van der Waals surface area contributed by atoms with Crippen LogP contribution in [-0.4, -0.2) is 34.0 Å². The quantitative estimate of drug-likeness (QED) is 0.175. The first kappa shape index (κ1) is 28.8. The van der Waals surface area contributed by atoms with Crippen molar-refractivity contribution in [2.45, 2.75) is 25.2 Å². The van der Waals surface area contributed by atoms with E-state index in [0.717, 1.165) is 27.8 Å². The first-order chi connectivity index (χ1) is 19.3. The van der Waals surface area contributed by atoms with E-state index in [0.29, 0.717) is 0 Å². The molecule has 7 nitrogen and oxygen atoms in total. The number of amides is 1. The SMILES string of the molecule is O=C(N[C@@H](Cc1ccccc1)P(=O)(O)CC(Cc1ccc(-c2ccccc2)cc1)C(=O)O)OCc1ccccc1. The smallest absolute Gasteiger partial charge is 0.408 e. The molecule has 0 heterocycles. The normalized spacial score (nSPS) is 13.9. The van der Waals surface area contributed by atoms with Gasteiger partial charge in [0.2, 0.25) is 7.37 Å². The van der Waals surface area contributed by atoms with Crippen LogP contribution in [0.1, 0.15) is 16.7 Å². The number of hydrogen-bond acceptors (Lipinski definition) is 4. The van der Waals surface area contributed by atoms with E-state index >= 15 is 0 Å². The molecule has 0 radical (unpaired) electrons. The number of benzene rings is 4. The second-order valence-electron chi connectivity index (χ2n) is 9.65. The van der Waals surface area contributed by atoms with Crippen molar-refractivity contribution in [3.8, 4) is 11.1 Å². The molecule has 0 aromatic heterocycles. The average Bonchev–Trinajstić information content (AvgIpc) is 2.97. The van der Waals surface area contributed by atoms with Crippen molar-refractivity contribution < 1.29 is 28.9 Å². The molecule has 0 aliphatic rings. The summed E-state index contributed by atoms with van der Waals surface area (Å²) in [5.41, 5.74) is 4.27. The molecule has 0 fully saturated rings. The summed E-state index contributed by atoms with van der Waals surface area (Å²) < 4.78 is 19.0. The van der Waals surface area contributed by atoms with Crippen molar-refractivity contribution in [3.63, 3.8) is 0 Å². The third-order valence-corrected chi connectivity index (χ3v) is 8.88. The van der Waals surface area contributed by atoms with E-state index in [1.165, 1.54) is 0 Å². The minimum Gasteiger partial charge on any atom is -0.481 e. The van der Waals surface area contributed by atoms with Crippen molar-refractivity contribution in [2.24, 2.45) is 5.92 Å². The molecule has 0 aliphatic carbocycles. The maximum absolute atomic E-state index is 13.7. The van der Waals surface area contributed by atoms with Crippen LogP contribution in [0.2, 0.25) is 0 Å². The van der Waals surface area contributed by atoms with Gasteiger partial charge in [0.25, 0.3) is 0 Å². The van der Waals surface area contributed by atoms with Crippen LogP contribution in [0.5, 0.6) is 0 Å². The second kappa shape index (κ2) is 13.7. The number of rotatable bonds is 12. The molecule has 0 aliphatic heterocycles. The number of ether oxygens (including phenoxy) is 1. The van der Waals surface area contributed by atoms with Gasteiger partial charge in [0.1, 0.15) is 12.4 Å². The highest BCUT2D eigenvalue weighted by molar-refractivity contribution is 7.58. The lowest BCUT2D eigenvalue weighted by Gasteiger charge is -2.26. The Morgan fingerprint density at radius 2 is 1.20 bits per heavy atom. The highest BCUT2D eigenvalue weighted by Crippen LogP contribution is 2.48. The Morgan fingerprint density at radius 3 is 1.77 bits per heavy atom. The summed E-state index contributed by atoms with van der Waals surface area (Å²) in [7, 11) is -4.21. The topological polar surface area (TPSA) is 113 Å². The maximum Gasteiger partial charge on any atom is 0.408 e. The van der Waals surface area contributed by atoms with Gasteiger partial charge in [-0.2, -0.15) is 0 Å². The second-order valence-corrected chi connectivity index (χ2v) is 12.2. The van der Waals surface area contributed by atoms with Crippen LogP contribution >= 0.6 is 7.37 Å². The Balaban J connectivity index is 1.47. The van der Waals surface area contributed by atoms with Gasteiger partial charge in [-0.3, -0.25) is 9.36 Å². The van der Waals surface area contributed by atoms with Gasteiger partial charge < -0.3 is 20.1 Å². The minimum absolute atomic E-state index is 0.00279. The van der Waals surface area contributed by atoms with E-state index < -0.39 is 37.3 Å².